The van der Waals surface area contributed by atoms with Crippen LogP contribution < -0.4 is 5.32 Å². The number of hydrogen-bond acceptors (Lipinski definition) is 2. The molecule has 2 atom stereocenters. The number of piperidine rings is 1. The van der Waals surface area contributed by atoms with Gasteiger partial charge in [0.05, 0.1) is 0 Å². The summed E-state index contributed by atoms with van der Waals surface area (Å²) in [5.74, 6) is 0.578. The fourth-order valence-corrected chi connectivity index (χ4v) is 3.17. The van der Waals surface area contributed by atoms with E-state index < -0.39 is 0 Å². The first-order chi connectivity index (χ1) is 9.60. The monoisotopic (exact) mass is 278 g/mol. The summed E-state index contributed by atoms with van der Waals surface area (Å²) in [6.07, 6.45) is 2.52. The number of likely N-dealkylation sites (tertiary alicyclic amines) is 1. The van der Waals surface area contributed by atoms with Crippen molar-refractivity contribution in [2.45, 2.75) is 45.7 Å². The maximum absolute atomic E-state index is 13.3. The summed E-state index contributed by atoms with van der Waals surface area (Å²) in [5.41, 5.74) is 1.03. The average Bonchev–Trinajstić information content (AvgIpc) is 2.47. The molecular weight excluding hydrogens is 251 g/mol. The maximum Gasteiger partial charge on any atom is 0.123 e. The molecule has 1 aromatic rings. The highest BCUT2D eigenvalue weighted by atomic mass is 19.1. The minimum Gasteiger partial charge on any atom is -0.307 e. The van der Waals surface area contributed by atoms with Gasteiger partial charge in [0.1, 0.15) is 5.82 Å². The van der Waals surface area contributed by atoms with Gasteiger partial charge in [-0.1, -0.05) is 19.1 Å². The topological polar surface area (TPSA) is 15.3 Å². The van der Waals surface area contributed by atoms with E-state index in [1.54, 1.807) is 12.1 Å². The van der Waals surface area contributed by atoms with Crippen LogP contribution in [0.3, 0.4) is 0 Å². The van der Waals surface area contributed by atoms with Crippen LogP contribution in [0.5, 0.6) is 0 Å². The van der Waals surface area contributed by atoms with Gasteiger partial charge in [-0.05, 0) is 69.9 Å². The van der Waals surface area contributed by atoms with Crippen LogP contribution in [0.25, 0.3) is 0 Å². The number of halogens is 1. The molecule has 0 radical (unpaired) electrons. The number of nitrogens with zero attached hydrogens (tertiary/aromatic N) is 1. The lowest BCUT2D eigenvalue weighted by molar-refractivity contribution is 0.165. The molecule has 2 unspecified atom stereocenters. The fraction of sp³-hybridized carbons (Fsp3) is 0.647. The van der Waals surface area contributed by atoms with Crippen molar-refractivity contribution in [3.8, 4) is 0 Å². The van der Waals surface area contributed by atoms with E-state index in [0.29, 0.717) is 6.04 Å². The molecule has 1 aliphatic heterocycles. The predicted molar refractivity (Wildman–Crippen MR) is 82.3 cm³/mol. The maximum atomic E-state index is 13.3. The first-order valence-corrected chi connectivity index (χ1v) is 7.84. The SMILES string of the molecule is CCN1CCC(C(C)NC(C)c2cccc(F)c2)CC1. The van der Waals surface area contributed by atoms with E-state index in [0.717, 1.165) is 18.0 Å². The molecule has 1 aromatic carbocycles. The molecule has 112 valence electrons. The van der Waals surface area contributed by atoms with Gasteiger partial charge in [0.25, 0.3) is 0 Å². The first-order valence-electron chi connectivity index (χ1n) is 7.84. The normalized spacial score (nSPS) is 20.8. The van der Waals surface area contributed by atoms with Crippen molar-refractivity contribution in [3.05, 3.63) is 35.6 Å². The van der Waals surface area contributed by atoms with Crippen LogP contribution in [-0.2, 0) is 0 Å². The van der Waals surface area contributed by atoms with Gasteiger partial charge in [0.2, 0.25) is 0 Å². The van der Waals surface area contributed by atoms with Crippen LogP contribution in [0.2, 0.25) is 0 Å². The summed E-state index contributed by atoms with van der Waals surface area (Å²) in [5, 5.41) is 3.64. The molecule has 0 bridgehead atoms. The predicted octanol–water partition coefficient (Wildman–Crippen LogP) is 3.60. The van der Waals surface area contributed by atoms with E-state index in [-0.39, 0.29) is 11.9 Å². The Labute approximate surface area is 122 Å². The third-order valence-corrected chi connectivity index (χ3v) is 4.65. The Morgan fingerprint density at radius 3 is 2.60 bits per heavy atom. The Bertz CT molecular complexity index is 413. The lowest BCUT2D eigenvalue weighted by Gasteiger charge is -2.35. The van der Waals surface area contributed by atoms with Crippen molar-refractivity contribution in [1.82, 2.24) is 10.2 Å². The van der Waals surface area contributed by atoms with Crippen LogP contribution in [0, 0.1) is 11.7 Å². The summed E-state index contributed by atoms with van der Waals surface area (Å²) in [6.45, 7) is 10.2. The van der Waals surface area contributed by atoms with Gasteiger partial charge in [0, 0.05) is 12.1 Å². The zero-order valence-electron chi connectivity index (χ0n) is 12.9. The molecule has 20 heavy (non-hydrogen) atoms. The quantitative estimate of drug-likeness (QED) is 0.885. The standard InChI is InChI=1S/C17H27FN2/c1-4-20-10-8-15(9-11-20)13(2)19-14(3)16-6-5-7-17(18)12-16/h5-7,12-15,19H,4,8-11H2,1-3H3. The van der Waals surface area contributed by atoms with Crippen LogP contribution >= 0.6 is 0 Å². The zero-order valence-corrected chi connectivity index (χ0v) is 12.9. The van der Waals surface area contributed by atoms with E-state index in [1.165, 1.54) is 32.0 Å². The molecule has 0 spiro atoms. The number of rotatable bonds is 5. The Balaban J connectivity index is 1.86. The molecule has 2 rings (SSSR count). The highest BCUT2D eigenvalue weighted by molar-refractivity contribution is 5.19. The lowest BCUT2D eigenvalue weighted by Crippen LogP contribution is -2.42. The molecule has 0 amide bonds. The van der Waals surface area contributed by atoms with Crippen LogP contribution in [-0.4, -0.2) is 30.6 Å². The van der Waals surface area contributed by atoms with Gasteiger partial charge in [-0.2, -0.15) is 0 Å². The van der Waals surface area contributed by atoms with Crippen molar-refractivity contribution in [2.24, 2.45) is 5.92 Å². The van der Waals surface area contributed by atoms with Crippen LogP contribution in [0.4, 0.5) is 4.39 Å². The molecule has 0 saturated carbocycles. The number of benzene rings is 1. The Morgan fingerprint density at radius 2 is 2.00 bits per heavy atom. The highest BCUT2D eigenvalue weighted by Crippen LogP contribution is 2.23. The molecule has 2 nitrogen and oxygen atoms in total. The van der Waals surface area contributed by atoms with Crippen LogP contribution in [0.1, 0.15) is 45.2 Å². The first kappa shape index (κ1) is 15.5. The molecule has 3 heteroatoms. The molecule has 1 aliphatic rings. The molecule has 1 saturated heterocycles. The van der Waals surface area contributed by atoms with E-state index >= 15 is 0 Å². The van der Waals surface area contributed by atoms with E-state index in [1.807, 2.05) is 6.07 Å². The number of nitrogens with one attached hydrogen (secondary N) is 1. The van der Waals surface area contributed by atoms with Gasteiger partial charge in [0.15, 0.2) is 0 Å². The fourth-order valence-electron chi connectivity index (χ4n) is 3.17. The lowest BCUT2D eigenvalue weighted by atomic mass is 9.89. The summed E-state index contributed by atoms with van der Waals surface area (Å²) in [6, 6.07) is 7.59. The molecule has 1 N–H and O–H groups in total. The van der Waals surface area contributed by atoms with Gasteiger partial charge < -0.3 is 10.2 Å². The summed E-state index contributed by atoms with van der Waals surface area (Å²) >= 11 is 0. The van der Waals surface area contributed by atoms with Gasteiger partial charge >= 0.3 is 0 Å². The summed E-state index contributed by atoms with van der Waals surface area (Å²) < 4.78 is 13.3. The third-order valence-electron chi connectivity index (χ3n) is 4.65. The van der Waals surface area contributed by atoms with Crippen molar-refractivity contribution in [2.75, 3.05) is 19.6 Å². The van der Waals surface area contributed by atoms with Gasteiger partial charge in [-0.15, -0.1) is 0 Å². The Kier molecular flexibility index (Phi) is 5.55. The average molecular weight is 278 g/mol. The van der Waals surface area contributed by atoms with Crippen molar-refractivity contribution >= 4 is 0 Å². The molecule has 1 fully saturated rings. The smallest absolute Gasteiger partial charge is 0.123 e. The summed E-state index contributed by atoms with van der Waals surface area (Å²) in [4.78, 5) is 2.51. The van der Waals surface area contributed by atoms with E-state index in [4.69, 9.17) is 0 Å². The van der Waals surface area contributed by atoms with E-state index in [2.05, 4.69) is 31.0 Å². The van der Waals surface area contributed by atoms with Crippen molar-refractivity contribution in [3.63, 3.8) is 0 Å². The van der Waals surface area contributed by atoms with E-state index in [9.17, 15) is 4.39 Å². The minimum absolute atomic E-state index is 0.153. The Morgan fingerprint density at radius 1 is 1.30 bits per heavy atom. The second-order valence-electron chi connectivity index (χ2n) is 6.00. The second kappa shape index (κ2) is 7.19. The Hall–Kier alpha value is -0.930. The second-order valence-corrected chi connectivity index (χ2v) is 6.00. The molecular formula is C17H27FN2. The largest absolute Gasteiger partial charge is 0.307 e. The minimum atomic E-state index is -0.153. The van der Waals surface area contributed by atoms with Crippen LogP contribution in [0.15, 0.2) is 24.3 Å². The van der Waals surface area contributed by atoms with Crippen molar-refractivity contribution in [1.29, 1.82) is 0 Å². The molecule has 1 heterocycles. The number of hydrogen-bond donors (Lipinski definition) is 1. The highest BCUT2D eigenvalue weighted by Gasteiger charge is 2.24. The van der Waals surface area contributed by atoms with Crippen molar-refractivity contribution < 1.29 is 4.39 Å². The summed E-state index contributed by atoms with van der Waals surface area (Å²) in [7, 11) is 0. The molecule has 0 aromatic heterocycles. The molecule has 0 aliphatic carbocycles. The third kappa shape index (κ3) is 4.03. The van der Waals surface area contributed by atoms with Gasteiger partial charge in [-0.3, -0.25) is 0 Å². The van der Waals surface area contributed by atoms with Gasteiger partial charge in [-0.25, -0.2) is 4.39 Å². The zero-order chi connectivity index (χ0) is 14.5.